The predicted octanol–water partition coefficient (Wildman–Crippen LogP) is 4.86. The molecular weight excluding hydrogens is 424 g/mol. The molecule has 1 amide bonds. The third kappa shape index (κ3) is 3.69. The number of thiazole rings is 1. The lowest BCUT2D eigenvalue weighted by molar-refractivity contribution is -0.130. The minimum absolute atomic E-state index is 0.0888. The van der Waals surface area contributed by atoms with E-state index in [-0.39, 0.29) is 17.9 Å². The van der Waals surface area contributed by atoms with Crippen molar-refractivity contribution in [1.29, 1.82) is 0 Å². The minimum atomic E-state index is -0.720. The highest BCUT2D eigenvalue weighted by Gasteiger charge is 2.45. The van der Waals surface area contributed by atoms with Crippen LogP contribution in [0.25, 0.3) is 0 Å². The number of carbonyl (C=O) groups excluding carboxylic acids is 2. The molecular formula is C25H24N2O4S. The summed E-state index contributed by atoms with van der Waals surface area (Å²) in [4.78, 5) is 33.2. The molecule has 2 aromatic carbocycles. The molecule has 1 unspecified atom stereocenters. The van der Waals surface area contributed by atoms with Gasteiger partial charge in [-0.25, -0.2) is 4.98 Å². The van der Waals surface area contributed by atoms with Crippen molar-refractivity contribution in [3.05, 3.63) is 92.1 Å². The lowest BCUT2D eigenvalue weighted by atomic mass is 9.92. The summed E-state index contributed by atoms with van der Waals surface area (Å²) in [5.41, 5.74) is 3.19. The molecule has 1 N–H and O–H groups in total. The maximum absolute atomic E-state index is 13.6. The standard InChI is InChI=1S/C25H24N2O4S/c1-14-9-5-7-11-18(14)21-20(22(28)24-15(2)26-16(3)32-24)23(29)25(30)27(21)13-17-10-6-8-12-19(17)31-4/h5-12,21,29H,13H2,1-4H3. The summed E-state index contributed by atoms with van der Waals surface area (Å²) in [6, 6.07) is 14.3. The molecule has 0 bridgehead atoms. The van der Waals surface area contributed by atoms with Crippen LogP contribution in [-0.2, 0) is 11.3 Å². The number of rotatable bonds is 6. The molecule has 0 aliphatic carbocycles. The maximum Gasteiger partial charge on any atom is 0.290 e. The Morgan fingerprint density at radius 3 is 2.47 bits per heavy atom. The summed E-state index contributed by atoms with van der Waals surface area (Å²) in [6.45, 7) is 5.71. The molecule has 3 aromatic rings. The molecule has 7 heteroatoms. The number of Topliss-reactive ketones (excluding diaryl/α,β-unsaturated/α-hetero) is 1. The Labute approximate surface area is 190 Å². The number of amides is 1. The van der Waals surface area contributed by atoms with E-state index in [1.165, 1.54) is 16.2 Å². The Hall–Kier alpha value is -3.45. The third-order valence-electron chi connectivity index (χ3n) is 5.67. The van der Waals surface area contributed by atoms with Crippen molar-refractivity contribution in [1.82, 2.24) is 9.88 Å². The van der Waals surface area contributed by atoms with Gasteiger partial charge in [0, 0.05) is 5.56 Å². The molecule has 0 radical (unpaired) electrons. The molecule has 0 fully saturated rings. The van der Waals surface area contributed by atoms with Crippen LogP contribution in [0.4, 0.5) is 0 Å². The fraction of sp³-hybridized carbons (Fsp3) is 0.240. The van der Waals surface area contributed by atoms with E-state index in [4.69, 9.17) is 4.74 Å². The average molecular weight is 449 g/mol. The molecule has 1 atom stereocenters. The summed E-state index contributed by atoms with van der Waals surface area (Å²) >= 11 is 1.27. The quantitative estimate of drug-likeness (QED) is 0.545. The summed E-state index contributed by atoms with van der Waals surface area (Å²) < 4.78 is 5.46. The zero-order valence-electron chi connectivity index (χ0n) is 18.4. The Morgan fingerprint density at radius 1 is 1.12 bits per heavy atom. The molecule has 164 valence electrons. The molecule has 0 saturated heterocycles. The number of aliphatic hydroxyl groups is 1. The number of carbonyl (C=O) groups is 2. The van der Waals surface area contributed by atoms with Crippen molar-refractivity contribution in [2.45, 2.75) is 33.4 Å². The fourth-order valence-electron chi connectivity index (χ4n) is 4.15. The molecule has 0 saturated carbocycles. The SMILES string of the molecule is COc1ccccc1CN1C(=O)C(O)=C(C(=O)c2sc(C)nc2C)C1c1ccccc1C. The lowest BCUT2D eigenvalue weighted by Crippen LogP contribution is -2.31. The van der Waals surface area contributed by atoms with Crippen molar-refractivity contribution < 1.29 is 19.4 Å². The molecule has 1 aromatic heterocycles. The van der Waals surface area contributed by atoms with Gasteiger partial charge in [-0.15, -0.1) is 11.3 Å². The number of methoxy groups -OCH3 is 1. The van der Waals surface area contributed by atoms with Gasteiger partial charge in [-0.05, 0) is 38.0 Å². The van der Waals surface area contributed by atoms with Crippen molar-refractivity contribution in [3.8, 4) is 5.75 Å². The molecule has 1 aliphatic rings. The number of aliphatic hydroxyl groups excluding tert-OH is 1. The summed E-state index contributed by atoms with van der Waals surface area (Å²) in [5, 5.41) is 11.7. The Bertz CT molecular complexity index is 1240. The fourth-order valence-corrected chi connectivity index (χ4v) is 5.02. The Kier molecular flexibility index (Phi) is 5.84. The highest BCUT2D eigenvalue weighted by Crippen LogP contribution is 2.42. The third-order valence-corrected chi connectivity index (χ3v) is 6.75. The highest BCUT2D eigenvalue weighted by molar-refractivity contribution is 7.14. The van der Waals surface area contributed by atoms with E-state index in [9.17, 15) is 14.7 Å². The zero-order chi connectivity index (χ0) is 23.0. The Balaban J connectivity index is 1.85. The van der Waals surface area contributed by atoms with E-state index in [1.54, 1.807) is 14.0 Å². The van der Waals surface area contributed by atoms with E-state index in [1.807, 2.05) is 62.4 Å². The van der Waals surface area contributed by atoms with Crippen molar-refractivity contribution >= 4 is 23.0 Å². The summed E-state index contributed by atoms with van der Waals surface area (Å²) in [5.74, 6) is -0.818. The first-order chi connectivity index (χ1) is 15.3. The van der Waals surface area contributed by atoms with Gasteiger partial charge in [-0.2, -0.15) is 0 Å². The number of aryl methyl sites for hydroxylation is 3. The van der Waals surface area contributed by atoms with E-state index >= 15 is 0 Å². The zero-order valence-corrected chi connectivity index (χ0v) is 19.2. The molecule has 2 heterocycles. The largest absolute Gasteiger partial charge is 0.503 e. The number of ether oxygens (including phenoxy) is 1. The van der Waals surface area contributed by atoms with Gasteiger partial charge in [0.15, 0.2) is 5.76 Å². The van der Waals surface area contributed by atoms with Crippen molar-refractivity contribution in [3.63, 3.8) is 0 Å². The second kappa shape index (κ2) is 8.59. The van der Waals surface area contributed by atoms with Gasteiger partial charge in [-0.3, -0.25) is 9.59 Å². The monoisotopic (exact) mass is 448 g/mol. The smallest absolute Gasteiger partial charge is 0.290 e. The normalized spacial score (nSPS) is 16.1. The number of hydrogen-bond donors (Lipinski definition) is 1. The van der Waals surface area contributed by atoms with Crippen molar-refractivity contribution in [2.75, 3.05) is 7.11 Å². The van der Waals surface area contributed by atoms with Gasteiger partial charge in [-0.1, -0.05) is 42.5 Å². The van der Waals surface area contributed by atoms with Gasteiger partial charge in [0.2, 0.25) is 5.78 Å². The highest BCUT2D eigenvalue weighted by atomic mass is 32.1. The van der Waals surface area contributed by atoms with Crippen LogP contribution in [0.2, 0.25) is 0 Å². The minimum Gasteiger partial charge on any atom is -0.503 e. The van der Waals surface area contributed by atoms with Crippen LogP contribution in [-0.4, -0.2) is 33.8 Å². The molecule has 1 aliphatic heterocycles. The van der Waals surface area contributed by atoms with Crippen LogP contribution in [0, 0.1) is 20.8 Å². The van der Waals surface area contributed by atoms with Crippen LogP contribution in [0.3, 0.4) is 0 Å². The van der Waals surface area contributed by atoms with E-state index in [2.05, 4.69) is 4.98 Å². The number of nitrogens with zero attached hydrogens (tertiary/aromatic N) is 2. The van der Waals surface area contributed by atoms with Crippen LogP contribution in [0.5, 0.6) is 5.75 Å². The molecule has 32 heavy (non-hydrogen) atoms. The van der Waals surface area contributed by atoms with Crippen LogP contribution >= 0.6 is 11.3 Å². The van der Waals surface area contributed by atoms with Gasteiger partial charge < -0.3 is 14.7 Å². The number of ketones is 1. The summed E-state index contributed by atoms with van der Waals surface area (Å²) in [7, 11) is 1.57. The topological polar surface area (TPSA) is 79.7 Å². The number of benzene rings is 2. The average Bonchev–Trinajstić information content (AvgIpc) is 3.24. The van der Waals surface area contributed by atoms with Gasteiger partial charge in [0.05, 0.1) is 40.8 Å². The first kappa shape index (κ1) is 21.8. The summed E-state index contributed by atoms with van der Waals surface area (Å²) in [6.07, 6.45) is 0. The van der Waals surface area contributed by atoms with Crippen LogP contribution in [0.15, 0.2) is 59.9 Å². The van der Waals surface area contributed by atoms with E-state index < -0.39 is 17.7 Å². The predicted molar refractivity (Wildman–Crippen MR) is 123 cm³/mol. The first-order valence-corrected chi connectivity index (χ1v) is 11.0. The number of aromatic nitrogens is 1. The molecule has 0 spiro atoms. The van der Waals surface area contributed by atoms with Gasteiger partial charge in [0.25, 0.3) is 5.91 Å². The Morgan fingerprint density at radius 2 is 1.81 bits per heavy atom. The molecule has 6 nitrogen and oxygen atoms in total. The number of para-hydroxylation sites is 1. The van der Waals surface area contributed by atoms with Gasteiger partial charge in [0.1, 0.15) is 5.75 Å². The van der Waals surface area contributed by atoms with Crippen LogP contribution in [0.1, 0.15) is 43.1 Å². The van der Waals surface area contributed by atoms with E-state index in [0.29, 0.717) is 16.3 Å². The van der Waals surface area contributed by atoms with Crippen LogP contribution < -0.4 is 4.74 Å². The molecule has 4 rings (SSSR count). The maximum atomic E-state index is 13.6. The van der Waals surface area contributed by atoms with Crippen molar-refractivity contribution in [2.24, 2.45) is 0 Å². The lowest BCUT2D eigenvalue weighted by Gasteiger charge is -2.28. The first-order valence-electron chi connectivity index (χ1n) is 10.2. The second-order valence-electron chi connectivity index (χ2n) is 7.74. The van der Waals surface area contributed by atoms with E-state index in [0.717, 1.165) is 21.7 Å². The second-order valence-corrected chi connectivity index (χ2v) is 8.95. The van der Waals surface area contributed by atoms with Gasteiger partial charge >= 0.3 is 0 Å². The number of hydrogen-bond acceptors (Lipinski definition) is 6.